The molecule has 7 nitrogen and oxygen atoms in total. The number of piperidine rings is 1. The maximum atomic E-state index is 12.9. The van der Waals surface area contributed by atoms with Crippen molar-refractivity contribution >= 4 is 11.6 Å². The number of aryl methyl sites for hydroxylation is 1. The van der Waals surface area contributed by atoms with Crippen LogP contribution in [0.5, 0.6) is 0 Å². The number of halogens is 1. The molecule has 0 radical (unpaired) electrons. The van der Waals surface area contributed by atoms with Crippen LogP contribution in [-0.2, 0) is 11.8 Å². The number of hydrogen-bond donors (Lipinski definition) is 1. The Labute approximate surface area is 139 Å². The van der Waals surface area contributed by atoms with Crippen molar-refractivity contribution in [2.75, 3.05) is 18.4 Å². The fourth-order valence-electron chi connectivity index (χ4n) is 3.08. The van der Waals surface area contributed by atoms with E-state index in [1.165, 1.54) is 12.1 Å². The molecule has 0 saturated carbocycles. The average Bonchev–Trinajstić information content (AvgIpc) is 3.02. The molecule has 1 amide bonds. The topological polar surface area (TPSA) is 75.9 Å². The minimum atomic E-state index is -0.312. The van der Waals surface area contributed by atoms with Crippen molar-refractivity contribution in [1.82, 2.24) is 25.1 Å². The summed E-state index contributed by atoms with van der Waals surface area (Å²) in [5, 5.41) is 14.5. The molecule has 128 valence electrons. The molecule has 1 aromatic heterocycles. The number of benzene rings is 1. The van der Waals surface area contributed by atoms with E-state index in [0.717, 1.165) is 31.8 Å². The molecule has 1 atom stereocenters. The normalized spacial score (nSPS) is 17.6. The number of likely N-dealkylation sites (tertiary alicyclic amines) is 1. The predicted molar refractivity (Wildman–Crippen MR) is 86.5 cm³/mol. The number of carbonyl (C=O) groups excluding carboxylic acids is 1. The fourth-order valence-corrected chi connectivity index (χ4v) is 3.08. The first kappa shape index (κ1) is 16.5. The maximum absolute atomic E-state index is 12.9. The molecule has 1 N–H and O–H groups in total. The van der Waals surface area contributed by atoms with Crippen LogP contribution in [0.3, 0.4) is 0 Å². The van der Waals surface area contributed by atoms with Crippen LogP contribution in [0.1, 0.15) is 31.6 Å². The first-order valence-corrected chi connectivity index (χ1v) is 8.07. The van der Waals surface area contributed by atoms with Gasteiger partial charge in [-0.3, -0.25) is 9.69 Å². The Bertz CT molecular complexity index is 693. The second-order valence-corrected chi connectivity index (χ2v) is 6.14. The van der Waals surface area contributed by atoms with Gasteiger partial charge in [0.1, 0.15) is 5.82 Å². The van der Waals surface area contributed by atoms with E-state index >= 15 is 0 Å². The van der Waals surface area contributed by atoms with Gasteiger partial charge in [0.25, 0.3) is 0 Å². The first-order valence-electron chi connectivity index (χ1n) is 8.07. The molecule has 2 heterocycles. The van der Waals surface area contributed by atoms with E-state index < -0.39 is 0 Å². The Morgan fingerprint density at radius 2 is 1.96 bits per heavy atom. The molecule has 3 rings (SSSR count). The molecule has 1 aliphatic heterocycles. The number of aromatic nitrogens is 4. The monoisotopic (exact) mass is 332 g/mol. The Kier molecular flexibility index (Phi) is 4.84. The molecule has 0 bridgehead atoms. The highest BCUT2D eigenvalue weighted by Crippen LogP contribution is 2.26. The standard InChI is InChI=1S/C16H21FN6O/c1-11(15-19-20-21-22(15)2)23-9-7-12(8-10-23)16(24)18-14-5-3-13(17)4-6-14/h3-6,11-12H,7-10H2,1-2H3,(H,18,24)/t11-/m1/s1. The molecule has 1 aromatic carbocycles. The van der Waals surface area contributed by atoms with E-state index in [-0.39, 0.29) is 23.7 Å². The number of amides is 1. The van der Waals surface area contributed by atoms with Gasteiger partial charge in [-0.15, -0.1) is 5.10 Å². The van der Waals surface area contributed by atoms with Crippen LogP contribution >= 0.6 is 0 Å². The summed E-state index contributed by atoms with van der Waals surface area (Å²) in [6.07, 6.45) is 1.56. The minimum Gasteiger partial charge on any atom is -0.326 e. The van der Waals surface area contributed by atoms with Gasteiger partial charge in [-0.2, -0.15) is 0 Å². The van der Waals surface area contributed by atoms with Crippen LogP contribution in [0, 0.1) is 11.7 Å². The molecule has 1 saturated heterocycles. The summed E-state index contributed by atoms with van der Waals surface area (Å²) >= 11 is 0. The molecule has 8 heteroatoms. The van der Waals surface area contributed by atoms with Crippen molar-refractivity contribution in [3.63, 3.8) is 0 Å². The van der Waals surface area contributed by atoms with Crippen molar-refractivity contribution in [2.45, 2.75) is 25.8 Å². The van der Waals surface area contributed by atoms with Gasteiger partial charge in [0.15, 0.2) is 5.82 Å². The lowest BCUT2D eigenvalue weighted by molar-refractivity contribution is -0.121. The Balaban J connectivity index is 1.54. The van der Waals surface area contributed by atoms with Gasteiger partial charge in [-0.05, 0) is 67.5 Å². The number of hydrogen-bond acceptors (Lipinski definition) is 5. The summed E-state index contributed by atoms with van der Waals surface area (Å²) in [7, 11) is 1.83. The smallest absolute Gasteiger partial charge is 0.227 e. The molecular weight excluding hydrogens is 311 g/mol. The number of nitrogens with zero attached hydrogens (tertiary/aromatic N) is 5. The lowest BCUT2D eigenvalue weighted by Gasteiger charge is -2.34. The Morgan fingerprint density at radius 3 is 2.54 bits per heavy atom. The minimum absolute atomic E-state index is 0.00534. The van der Waals surface area contributed by atoms with Crippen molar-refractivity contribution in [3.8, 4) is 0 Å². The Hall–Kier alpha value is -2.35. The highest BCUT2D eigenvalue weighted by Gasteiger charge is 2.29. The third kappa shape index (κ3) is 3.59. The molecule has 0 spiro atoms. The van der Waals surface area contributed by atoms with Crippen molar-refractivity contribution in [1.29, 1.82) is 0 Å². The second kappa shape index (κ2) is 7.04. The van der Waals surface area contributed by atoms with Crippen LogP contribution in [-0.4, -0.2) is 44.1 Å². The zero-order chi connectivity index (χ0) is 17.1. The van der Waals surface area contributed by atoms with Gasteiger partial charge in [-0.25, -0.2) is 9.07 Å². The van der Waals surface area contributed by atoms with E-state index in [1.54, 1.807) is 16.8 Å². The lowest BCUT2D eigenvalue weighted by Crippen LogP contribution is -2.40. The number of carbonyl (C=O) groups is 1. The number of anilines is 1. The maximum Gasteiger partial charge on any atom is 0.227 e. The van der Waals surface area contributed by atoms with Gasteiger partial charge in [0, 0.05) is 18.7 Å². The average molecular weight is 332 g/mol. The van der Waals surface area contributed by atoms with Crippen LogP contribution in [0.25, 0.3) is 0 Å². The summed E-state index contributed by atoms with van der Waals surface area (Å²) < 4.78 is 14.6. The van der Waals surface area contributed by atoms with Crippen molar-refractivity contribution in [3.05, 3.63) is 35.9 Å². The fraction of sp³-hybridized carbons (Fsp3) is 0.500. The number of tetrazole rings is 1. The highest BCUT2D eigenvalue weighted by atomic mass is 19.1. The van der Waals surface area contributed by atoms with Crippen molar-refractivity contribution < 1.29 is 9.18 Å². The van der Waals surface area contributed by atoms with Crippen molar-refractivity contribution in [2.24, 2.45) is 13.0 Å². The van der Waals surface area contributed by atoms with Gasteiger partial charge in [0.05, 0.1) is 6.04 Å². The molecule has 0 aliphatic carbocycles. The van der Waals surface area contributed by atoms with Gasteiger partial charge in [-0.1, -0.05) is 0 Å². The molecule has 1 fully saturated rings. The SMILES string of the molecule is C[C@H](c1nnnn1C)N1CCC(C(=O)Nc2ccc(F)cc2)CC1. The third-order valence-corrected chi connectivity index (χ3v) is 4.59. The third-order valence-electron chi connectivity index (χ3n) is 4.59. The zero-order valence-corrected chi connectivity index (χ0v) is 13.8. The second-order valence-electron chi connectivity index (χ2n) is 6.14. The van der Waals surface area contributed by atoms with Gasteiger partial charge in [0.2, 0.25) is 5.91 Å². The van der Waals surface area contributed by atoms with E-state index in [1.807, 2.05) is 7.05 Å². The van der Waals surface area contributed by atoms with E-state index in [4.69, 9.17) is 0 Å². The molecule has 1 aliphatic rings. The van der Waals surface area contributed by atoms with Crippen LogP contribution < -0.4 is 5.32 Å². The van der Waals surface area contributed by atoms with E-state index in [0.29, 0.717) is 5.69 Å². The zero-order valence-electron chi connectivity index (χ0n) is 13.8. The molecular formula is C16H21FN6O. The van der Waals surface area contributed by atoms with Gasteiger partial charge >= 0.3 is 0 Å². The van der Waals surface area contributed by atoms with Crippen LogP contribution in [0.2, 0.25) is 0 Å². The van der Waals surface area contributed by atoms with Gasteiger partial charge < -0.3 is 5.32 Å². The van der Waals surface area contributed by atoms with E-state index in [2.05, 4.69) is 32.7 Å². The molecule has 24 heavy (non-hydrogen) atoms. The van der Waals surface area contributed by atoms with Crippen LogP contribution in [0.15, 0.2) is 24.3 Å². The predicted octanol–water partition coefficient (Wildman–Crippen LogP) is 1.76. The summed E-state index contributed by atoms with van der Waals surface area (Å²) in [6.45, 7) is 3.70. The Morgan fingerprint density at radius 1 is 1.29 bits per heavy atom. The number of rotatable bonds is 4. The largest absolute Gasteiger partial charge is 0.326 e. The molecule has 0 unspecified atom stereocenters. The van der Waals surface area contributed by atoms with Crippen LogP contribution in [0.4, 0.5) is 10.1 Å². The summed E-state index contributed by atoms with van der Waals surface area (Å²) in [4.78, 5) is 14.6. The quantitative estimate of drug-likeness (QED) is 0.923. The van der Waals surface area contributed by atoms with E-state index in [9.17, 15) is 9.18 Å². The summed E-state index contributed by atoms with van der Waals surface area (Å²) in [5.41, 5.74) is 0.627. The summed E-state index contributed by atoms with van der Waals surface area (Å²) in [6, 6.07) is 5.95. The first-order chi connectivity index (χ1) is 11.5. The summed E-state index contributed by atoms with van der Waals surface area (Å²) in [5.74, 6) is 0.475. The highest BCUT2D eigenvalue weighted by molar-refractivity contribution is 5.92. The molecule has 2 aromatic rings. The lowest BCUT2D eigenvalue weighted by atomic mass is 9.94. The number of nitrogens with one attached hydrogen (secondary N) is 1.